The highest BCUT2D eigenvalue weighted by molar-refractivity contribution is 7.13. The van der Waals surface area contributed by atoms with Gasteiger partial charge < -0.3 is 9.67 Å². The molecule has 0 saturated heterocycles. The first-order chi connectivity index (χ1) is 8.61. The van der Waals surface area contributed by atoms with Crippen molar-refractivity contribution in [1.82, 2.24) is 14.5 Å². The summed E-state index contributed by atoms with van der Waals surface area (Å²) in [5.41, 5.74) is -0.271. The van der Waals surface area contributed by atoms with Gasteiger partial charge >= 0.3 is 0 Å². The van der Waals surface area contributed by atoms with Gasteiger partial charge in [0.1, 0.15) is 5.60 Å². The molecule has 0 fully saturated rings. The standard InChI is InChI=1S/C12H13N3O2S/c1-8(16)11-14-6-10(18-11)12(17)3-2-4-15-7-13-5-9(12)15/h5-7,17H,2-4H2,1H3. The van der Waals surface area contributed by atoms with Crippen molar-refractivity contribution in [1.29, 1.82) is 0 Å². The number of fused-ring (bicyclic) bond motifs is 1. The molecule has 0 amide bonds. The van der Waals surface area contributed by atoms with Gasteiger partial charge in [-0.25, -0.2) is 9.97 Å². The molecule has 0 bridgehead atoms. The van der Waals surface area contributed by atoms with E-state index in [0.717, 1.165) is 18.7 Å². The largest absolute Gasteiger partial charge is 0.378 e. The Morgan fingerprint density at radius 3 is 3.11 bits per heavy atom. The van der Waals surface area contributed by atoms with E-state index in [9.17, 15) is 9.90 Å². The van der Waals surface area contributed by atoms with E-state index >= 15 is 0 Å². The molecule has 0 radical (unpaired) electrons. The summed E-state index contributed by atoms with van der Waals surface area (Å²) in [4.78, 5) is 20.2. The maximum Gasteiger partial charge on any atom is 0.188 e. The van der Waals surface area contributed by atoms with E-state index in [1.165, 1.54) is 18.3 Å². The highest BCUT2D eigenvalue weighted by atomic mass is 32.1. The molecule has 0 aliphatic carbocycles. The minimum atomic E-state index is -1.06. The summed E-state index contributed by atoms with van der Waals surface area (Å²) in [5.74, 6) is -0.0702. The second-order valence-electron chi connectivity index (χ2n) is 4.52. The van der Waals surface area contributed by atoms with Crippen molar-refractivity contribution >= 4 is 17.1 Å². The van der Waals surface area contributed by atoms with Crippen LogP contribution in [0.1, 0.15) is 40.1 Å². The quantitative estimate of drug-likeness (QED) is 0.835. The van der Waals surface area contributed by atoms with Gasteiger partial charge in [-0.05, 0) is 12.8 Å². The number of aryl methyl sites for hydroxylation is 1. The van der Waals surface area contributed by atoms with Gasteiger partial charge in [-0.3, -0.25) is 4.79 Å². The molecule has 5 nitrogen and oxygen atoms in total. The molecule has 6 heteroatoms. The second-order valence-corrected chi connectivity index (χ2v) is 5.55. The normalized spacial score (nSPS) is 22.8. The summed E-state index contributed by atoms with van der Waals surface area (Å²) in [7, 11) is 0. The van der Waals surface area contributed by atoms with Crippen molar-refractivity contribution in [2.24, 2.45) is 0 Å². The van der Waals surface area contributed by atoms with Crippen LogP contribution in [0.4, 0.5) is 0 Å². The Morgan fingerprint density at radius 2 is 2.39 bits per heavy atom. The fraction of sp³-hybridized carbons (Fsp3) is 0.417. The van der Waals surface area contributed by atoms with E-state index in [-0.39, 0.29) is 5.78 Å². The Labute approximate surface area is 108 Å². The fourth-order valence-electron chi connectivity index (χ4n) is 2.35. The molecule has 1 aliphatic heterocycles. The predicted octanol–water partition coefficient (Wildman–Crippen LogP) is 1.57. The van der Waals surface area contributed by atoms with E-state index < -0.39 is 5.60 Å². The number of imidazole rings is 1. The fourth-order valence-corrected chi connectivity index (χ4v) is 3.29. The number of hydrogen-bond acceptors (Lipinski definition) is 5. The molecule has 94 valence electrons. The van der Waals surface area contributed by atoms with Crippen LogP contribution in [0.15, 0.2) is 18.7 Å². The van der Waals surface area contributed by atoms with Crippen LogP contribution in [0.25, 0.3) is 0 Å². The van der Waals surface area contributed by atoms with Crippen molar-refractivity contribution in [3.05, 3.63) is 34.3 Å². The molecule has 2 aromatic heterocycles. The molecule has 1 atom stereocenters. The summed E-state index contributed by atoms with van der Waals surface area (Å²) in [5, 5.41) is 11.3. The van der Waals surface area contributed by atoms with Crippen molar-refractivity contribution in [2.75, 3.05) is 0 Å². The van der Waals surface area contributed by atoms with Crippen LogP contribution in [0.5, 0.6) is 0 Å². The maximum atomic E-state index is 11.3. The summed E-state index contributed by atoms with van der Waals surface area (Å²) in [6, 6.07) is 0. The van der Waals surface area contributed by atoms with Gasteiger partial charge in [0.15, 0.2) is 10.8 Å². The van der Waals surface area contributed by atoms with Gasteiger partial charge in [0.25, 0.3) is 0 Å². The zero-order valence-electron chi connectivity index (χ0n) is 9.96. The molecular weight excluding hydrogens is 250 g/mol. The molecule has 3 heterocycles. The number of Topliss-reactive ketones (excluding diaryl/α,β-unsaturated/α-hetero) is 1. The number of aliphatic hydroxyl groups is 1. The van der Waals surface area contributed by atoms with Gasteiger partial charge in [-0.15, -0.1) is 11.3 Å². The lowest BCUT2D eigenvalue weighted by atomic mass is 9.90. The molecule has 1 aliphatic rings. The zero-order valence-corrected chi connectivity index (χ0v) is 10.8. The average molecular weight is 263 g/mol. The van der Waals surface area contributed by atoms with Crippen molar-refractivity contribution in [3.8, 4) is 0 Å². The molecule has 1 unspecified atom stereocenters. The molecule has 18 heavy (non-hydrogen) atoms. The monoisotopic (exact) mass is 263 g/mol. The van der Waals surface area contributed by atoms with Crippen molar-refractivity contribution < 1.29 is 9.90 Å². The minimum Gasteiger partial charge on any atom is -0.378 e. The Bertz CT molecular complexity index is 604. The highest BCUT2D eigenvalue weighted by Gasteiger charge is 2.38. The minimum absolute atomic E-state index is 0.0702. The zero-order chi connectivity index (χ0) is 12.8. The lowest BCUT2D eigenvalue weighted by Crippen LogP contribution is -2.33. The van der Waals surface area contributed by atoms with Crippen LogP contribution in [-0.4, -0.2) is 25.4 Å². The van der Waals surface area contributed by atoms with Crippen LogP contribution < -0.4 is 0 Å². The van der Waals surface area contributed by atoms with Crippen LogP contribution in [-0.2, 0) is 12.1 Å². The van der Waals surface area contributed by atoms with Crippen LogP contribution in [0.3, 0.4) is 0 Å². The lowest BCUT2D eigenvalue weighted by Gasteiger charge is -2.31. The second kappa shape index (κ2) is 4.00. The SMILES string of the molecule is CC(=O)c1ncc(C2(O)CCCn3cncc32)s1. The van der Waals surface area contributed by atoms with E-state index in [1.54, 1.807) is 18.7 Å². The van der Waals surface area contributed by atoms with E-state index in [0.29, 0.717) is 16.3 Å². The van der Waals surface area contributed by atoms with E-state index in [4.69, 9.17) is 0 Å². The number of ketones is 1. The van der Waals surface area contributed by atoms with Crippen molar-refractivity contribution in [3.63, 3.8) is 0 Å². The first-order valence-electron chi connectivity index (χ1n) is 5.81. The predicted molar refractivity (Wildman–Crippen MR) is 66.6 cm³/mol. The topological polar surface area (TPSA) is 68.0 Å². The van der Waals surface area contributed by atoms with Gasteiger partial charge in [-0.2, -0.15) is 0 Å². The molecule has 2 aromatic rings. The molecule has 1 N–H and O–H groups in total. The Kier molecular flexibility index (Phi) is 2.57. The third-order valence-corrected chi connectivity index (χ3v) is 4.54. The van der Waals surface area contributed by atoms with Gasteiger partial charge in [0.05, 0.1) is 23.1 Å². The van der Waals surface area contributed by atoms with Crippen LogP contribution in [0, 0.1) is 0 Å². The number of rotatable bonds is 2. The highest BCUT2D eigenvalue weighted by Crippen LogP contribution is 2.39. The number of aromatic nitrogens is 3. The molecule has 0 aromatic carbocycles. The number of nitrogens with zero attached hydrogens (tertiary/aromatic N) is 3. The summed E-state index contributed by atoms with van der Waals surface area (Å²) in [6.07, 6.45) is 6.54. The summed E-state index contributed by atoms with van der Waals surface area (Å²) in [6.45, 7) is 2.35. The molecular formula is C12H13N3O2S. The molecule has 0 saturated carbocycles. The number of carbonyl (C=O) groups excluding carboxylic acids is 1. The van der Waals surface area contributed by atoms with E-state index in [1.807, 2.05) is 4.57 Å². The Hall–Kier alpha value is -1.53. The average Bonchev–Trinajstić information content (AvgIpc) is 2.98. The van der Waals surface area contributed by atoms with Crippen LogP contribution in [0.2, 0.25) is 0 Å². The summed E-state index contributed by atoms with van der Waals surface area (Å²) < 4.78 is 1.96. The lowest BCUT2D eigenvalue weighted by molar-refractivity contribution is 0.0503. The third-order valence-electron chi connectivity index (χ3n) is 3.29. The smallest absolute Gasteiger partial charge is 0.188 e. The molecule has 0 spiro atoms. The maximum absolute atomic E-state index is 11.3. The Morgan fingerprint density at radius 1 is 1.56 bits per heavy atom. The van der Waals surface area contributed by atoms with Gasteiger partial charge in [0.2, 0.25) is 0 Å². The van der Waals surface area contributed by atoms with Gasteiger partial charge in [0, 0.05) is 19.7 Å². The van der Waals surface area contributed by atoms with Gasteiger partial charge in [-0.1, -0.05) is 0 Å². The summed E-state index contributed by atoms with van der Waals surface area (Å²) >= 11 is 1.26. The van der Waals surface area contributed by atoms with Crippen molar-refractivity contribution in [2.45, 2.75) is 31.9 Å². The van der Waals surface area contributed by atoms with Crippen LogP contribution >= 0.6 is 11.3 Å². The number of carbonyl (C=O) groups is 1. The Balaban J connectivity index is 2.08. The first-order valence-corrected chi connectivity index (χ1v) is 6.63. The number of hydrogen-bond donors (Lipinski definition) is 1. The first kappa shape index (κ1) is 11.6. The third kappa shape index (κ3) is 1.60. The van der Waals surface area contributed by atoms with E-state index in [2.05, 4.69) is 9.97 Å². The molecule has 3 rings (SSSR count). The number of thiazole rings is 1.